The molecule has 148 valence electrons. The second-order valence-corrected chi connectivity index (χ2v) is 11.1. The van der Waals surface area contributed by atoms with Crippen molar-refractivity contribution in [3.63, 3.8) is 0 Å². The molecule has 27 heavy (non-hydrogen) atoms. The van der Waals surface area contributed by atoms with Gasteiger partial charge in [0, 0.05) is 6.04 Å². The number of sulfonamides is 1. The minimum atomic E-state index is -3.61. The standard InChI is InChI=1S/C21H30N2O3S/c1-21(2,23-27(25,26)13-14-6-4-3-5-7-14)20(24)22-19-17-9-15-8-16(11-17)12-18(19)10-15/h3-7,15-19,23H,8-13H2,1-2H3,(H,22,24)/t15-,16-,17?,18?,19?. The van der Waals surface area contributed by atoms with Crippen molar-refractivity contribution in [2.24, 2.45) is 23.7 Å². The van der Waals surface area contributed by atoms with Gasteiger partial charge in [0.25, 0.3) is 0 Å². The van der Waals surface area contributed by atoms with Crippen molar-refractivity contribution in [3.05, 3.63) is 35.9 Å². The summed E-state index contributed by atoms with van der Waals surface area (Å²) in [6, 6.07) is 9.25. The summed E-state index contributed by atoms with van der Waals surface area (Å²) in [4.78, 5) is 12.9. The van der Waals surface area contributed by atoms with Crippen LogP contribution in [0, 0.1) is 23.7 Å². The highest BCUT2D eigenvalue weighted by atomic mass is 32.2. The van der Waals surface area contributed by atoms with Gasteiger partial charge in [-0.25, -0.2) is 8.42 Å². The van der Waals surface area contributed by atoms with Gasteiger partial charge in [0.05, 0.1) is 5.75 Å². The summed E-state index contributed by atoms with van der Waals surface area (Å²) in [6.45, 7) is 3.31. The van der Waals surface area contributed by atoms with Crippen LogP contribution < -0.4 is 10.0 Å². The third kappa shape index (κ3) is 4.06. The predicted octanol–water partition coefficient (Wildman–Crippen LogP) is 2.83. The molecule has 1 aromatic rings. The van der Waals surface area contributed by atoms with Crippen LogP contribution in [0.15, 0.2) is 30.3 Å². The van der Waals surface area contributed by atoms with Crippen LogP contribution in [0.5, 0.6) is 0 Å². The Hall–Kier alpha value is -1.40. The summed E-state index contributed by atoms with van der Waals surface area (Å²) in [7, 11) is -3.61. The van der Waals surface area contributed by atoms with Crippen LogP contribution in [0.25, 0.3) is 0 Å². The van der Waals surface area contributed by atoms with Crippen molar-refractivity contribution in [2.45, 2.75) is 63.3 Å². The van der Waals surface area contributed by atoms with Crippen molar-refractivity contribution in [3.8, 4) is 0 Å². The zero-order valence-corrected chi connectivity index (χ0v) is 17.0. The molecular formula is C21H30N2O3S. The first kappa shape index (κ1) is 18.9. The highest BCUT2D eigenvalue weighted by Crippen LogP contribution is 2.53. The molecule has 4 aliphatic carbocycles. The monoisotopic (exact) mass is 390 g/mol. The van der Waals surface area contributed by atoms with Crippen LogP contribution in [0.2, 0.25) is 0 Å². The van der Waals surface area contributed by atoms with E-state index in [1.807, 2.05) is 18.2 Å². The average molecular weight is 391 g/mol. The predicted molar refractivity (Wildman–Crippen MR) is 105 cm³/mol. The van der Waals surface area contributed by atoms with Crippen molar-refractivity contribution in [1.29, 1.82) is 0 Å². The highest BCUT2D eigenvalue weighted by Gasteiger charge is 2.49. The lowest BCUT2D eigenvalue weighted by Crippen LogP contribution is -2.62. The molecule has 6 heteroatoms. The van der Waals surface area contributed by atoms with E-state index in [0.717, 1.165) is 11.8 Å². The zero-order valence-electron chi connectivity index (χ0n) is 16.1. The van der Waals surface area contributed by atoms with Crippen LogP contribution in [0.3, 0.4) is 0 Å². The molecule has 4 fully saturated rings. The molecule has 1 amide bonds. The van der Waals surface area contributed by atoms with Crippen molar-refractivity contribution < 1.29 is 13.2 Å². The van der Waals surface area contributed by atoms with Gasteiger partial charge in [0.15, 0.2) is 0 Å². The Bertz CT molecular complexity index is 776. The second-order valence-electron chi connectivity index (χ2n) is 9.40. The van der Waals surface area contributed by atoms with Gasteiger partial charge in [0.2, 0.25) is 15.9 Å². The number of amides is 1. The fourth-order valence-electron chi connectivity index (χ4n) is 5.76. The van der Waals surface area contributed by atoms with Crippen molar-refractivity contribution >= 4 is 15.9 Å². The van der Waals surface area contributed by atoms with E-state index in [2.05, 4.69) is 10.0 Å². The molecule has 5 nitrogen and oxygen atoms in total. The van der Waals surface area contributed by atoms with E-state index in [-0.39, 0.29) is 17.7 Å². The molecule has 1 aromatic carbocycles. The van der Waals surface area contributed by atoms with E-state index in [9.17, 15) is 13.2 Å². The van der Waals surface area contributed by atoms with Crippen molar-refractivity contribution in [2.75, 3.05) is 0 Å². The topological polar surface area (TPSA) is 75.3 Å². The molecule has 2 N–H and O–H groups in total. The Balaban J connectivity index is 1.40. The number of hydrogen-bond donors (Lipinski definition) is 2. The largest absolute Gasteiger partial charge is 0.351 e. The molecule has 5 rings (SSSR count). The highest BCUT2D eigenvalue weighted by molar-refractivity contribution is 7.88. The number of rotatable bonds is 6. The molecule has 0 spiro atoms. The summed E-state index contributed by atoms with van der Waals surface area (Å²) < 4.78 is 27.7. The van der Waals surface area contributed by atoms with E-state index in [4.69, 9.17) is 0 Å². The molecule has 4 aliphatic rings. The van der Waals surface area contributed by atoms with Gasteiger partial charge in [0.1, 0.15) is 5.54 Å². The van der Waals surface area contributed by atoms with Crippen LogP contribution in [-0.4, -0.2) is 25.9 Å². The number of benzene rings is 1. The van der Waals surface area contributed by atoms with Gasteiger partial charge >= 0.3 is 0 Å². The van der Waals surface area contributed by atoms with Crippen molar-refractivity contribution in [1.82, 2.24) is 10.0 Å². The summed E-state index contributed by atoms with van der Waals surface area (Å²) in [5.41, 5.74) is -0.454. The minimum Gasteiger partial charge on any atom is -0.351 e. The van der Waals surface area contributed by atoms with Gasteiger partial charge in [-0.2, -0.15) is 4.72 Å². The molecular weight excluding hydrogens is 360 g/mol. The molecule has 0 atom stereocenters. The maximum Gasteiger partial charge on any atom is 0.240 e. The lowest BCUT2D eigenvalue weighted by molar-refractivity contribution is -0.129. The third-order valence-electron chi connectivity index (χ3n) is 6.70. The Morgan fingerprint density at radius 1 is 1.00 bits per heavy atom. The Labute approximate surface area is 162 Å². The fourth-order valence-corrected chi connectivity index (χ4v) is 7.33. The lowest BCUT2D eigenvalue weighted by Gasteiger charge is -2.54. The Kier molecular flexibility index (Phi) is 4.83. The number of hydrogen-bond acceptors (Lipinski definition) is 3. The Morgan fingerprint density at radius 2 is 1.56 bits per heavy atom. The summed E-state index contributed by atoms with van der Waals surface area (Å²) in [5, 5.41) is 3.22. The number of nitrogens with one attached hydrogen (secondary N) is 2. The van der Waals surface area contributed by atoms with E-state index >= 15 is 0 Å². The summed E-state index contributed by atoms with van der Waals surface area (Å²) >= 11 is 0. The molecule has 0 unspecified atom stereocenters. The van der Waals surface area contributed by atoms with Crippen LogP contribution in [0.4, 0.5) is 0 Å². The van der Waals surface area contributed by atoms with E-state index < -0.39 is 15.6 Å². The first-order chi connectivity index (χ1) is 12.7. The van der Waals surface area contributed by atoms with E-state index in [0.29, 0.717) is 17.4 Å². The first-order valence-corrected chi connectivity index (χ1v) is 11.7. The van der Waals surface area contributed by atoms with Crippen LogP contribution >= 0.6 is 0 Å². The molecule has 4 bridgehead atoms. The molecule has 0 aromatic heterocycles. The van der Waals surface area contributed by atoms with Gasteiger partial charge in [-0.15, -0.1) is 0 Å². The third-order valence-corrected chi connectivity index (χ3v) is 8.24. The molecule has 4 saturated carbocycles. The summed E-state index contributed by atoms with van der Waals surface area (Å²) in [6.07, 6.45) is 6.25. The molecule has 0 radical (unpaired) electrons. The maximum absolute atomic E-state index is 12.9. The smallest absolute Gasteiger partial charge is 0.240 e. The first-order valence-electron chi connectivity index (χ1n) is 10.1. The van der Waals surface area contributed by atoms with Gasteiger partial charge in [-0.1, -0.05) is 30.3 Å². The maximum atomic E-state index is 12.9. The van der Waals surface area contributed by atoms with Gasteiger partial charge in [-0.3, -0.25) is 4.79 Å². The van der Waals surface area contributed by atoms with Gasteiger partial charge < -0.3 is 5.32 Å². The molecule has 0 aliphatic heterocycles. The second kappa shape index (κ2) is 6.89. The van der Waals surface area contributed by atoms with Crippen LogP contribution in [-0.2, 0) is 20.6 Å². The number of carbonyl (C=O) groups is 1. The van der Waals surface area contributed by atoms with Crippen LogP contribution in [0.1, 0.15) is 51.5 Å². The molecule has 0 heterocycles. The van der Waals surface area contributed by atoms with E-state index in [1.54, 1.807) is 26.0 Å². The van der Waals surface area contributed by atoms with Gasteiger partial charge in [-0.05, 0) is 75.2 Å². The quantitative estimate of drug-likeness (QED) is 0.784. The average Bonchev–Trinajstić information content (AvgIpc) is 2.56. The lowest BCUT2D eigenvalue weighted by atomic mass is 9.54. The summed E-state index contributed by atoms with van der Waals surface area (Å²) in [5.74, 6) is 2.50. The zero-order chi connectivity index (χ0) is 19.2. The normalized spacial score (nSPS) is 32.4. The number of carbonyl (C=O) groups excluding carboxylic acids is 1. The van der Waals surface area contributed by atoms with E-state index in [1.165, 1.54) is 32.1 Å². The SMILES string of the molecule is CC(C)(NS(=O)(=O)Cc1ccccc1)C(=O)NC1C2C[C@H]3CC1C[C@H](C2)C3. The fraction of sp³-hybridized carbons (Fsp3) is 0.667. The molecule has 0 saturated heterocycles. The minimum absolute atomic E-state index is 0.122. The Morgan fingerprint density at radius 3 is 2.11 bits per heavy atom.